The third-order valence-electron chi connectivity index (χ3n) is 11.1. The van der Waals surface area contributed by atoms with Crippen molar-refractivity contribution in [2.45, 2.75) is 89.1 Å². The molecule has 6 rings (SSSR count). The van der Waals surface area contributed by atoms with Crippen LogP contribution in [0.15, 0.2) is 42.7 Å². The highest BCUT2D eigenvalue weighted by Gasteiger charge is 2.34. The van der Waals surface area contributed by atoms with Crippen molar-refractivity contribution in [3.63, 3.8) is 0 Å². The summed E-state index contributed by atoms with van der Waals surface area (Å²) in [4.78, 5) is 26.8. The van der Waals surface area contributed by atoms with Crippen LogP contribution >= 0.6 is 0 Å². The summed E-state index contributed by atoms with van der Waals surface area (Å²) < 4.78 is 15.6. The number of likely N-dealkylation sites (tertiary alicyclic amines) is 1. The molecule has 4 atom stereocenters. The Bertz CT molecular complexity index is 1470. The van der Waals surface area contributed by atoms with E-state index in [0.717, 1.165) is 107 Å². The molecule has 2 aromatic heterocycles. The number of carboxylic acids is 1. The summed E-state index contributed by atoms with van der Waals surface area (Å²) in [6.45, 7) is 4.42. The Balaban J connectivity index is 1.33. The molecule has 3 aliphatic rings. The Labute approximate surface area is 279 Å². The minimum Gasteiger partial charge on any atom is -0.481 e. The molecule has 254 valence electrons. The van der Waals surface area contributed by atoms with Crippen LogP contribution < -0.4 is 10.2 Å². The van der Waals surface area contributed by atoms with Crippen LogP contribution in [0.25, 0.3) is 0 Å². The highest BCUT2D eigenvalue weighted by Crippen LogP contribution is 2.39. The van der Waals surface area contributed by atoms with Crippen LogP contribution in [-0.2, 0) is 24.7 Å². The monoisotopic (exact) mass is 645 g/mol. The first-order chi connectivity index (χ1) is 22.8. The van der Waals surface area contributed by atoms with E-state index in [1.807, 2.05) is 17.9 Å². The summed E-state index contributed by atoms with van der Waals surface area (Å²) in [6.07, 6.45) is 13.0. The maximum atomic E-state index is 13.7. The Hall–Kier alpha value is -3.53. The number of aromatic nitrogens is 4. The average Bonchev–Trinajstić information content (AvgIpc) is 3.54. The van der Waals surface area contributed by atoms with Gasteiger partial charge in [0.15, 0.2) is 0 Å². The number of aliphatic carboxylic acids is 1. The number of anilines is 2. The van der Waals surface area contributed by atoms with Crippen LogP contribution in [0.2, 0.25) is 0 Å². The van der Waals surface area contributed by atoms with E-state index < -0.39 is 5.97 Å². The normalized spacial score (nSPS) is 24.7. The third-order valence-corrected chi connectivity index (χ3v) is 11.1. The zero-order valence-electron chi connectivity index (χ0n) is 28.3. The standard InChI is InChI=1S/C37H52FN7O2/c1-4-34(27-12-14-28(15-13-27)36(46)47)44(3)37-41-32-17-16-29(26-10-6-5-7-11-26)19-31(32)35(42-37)40-33(30-21-39-43(2)23-30)24-45-18-8-9-25(20-38)22-45/h5-7,10-11,21,23,25,27-29,33-34H,4,8-9,12-20,22,24H2,1-3H3,(H,46,47)(H,40,41,42)/t25-,27?,28?,29-,33+,34-/m1/s1. The lowest BCUT2D eigenvalue weighted by molar-refractivity contribution is -0.143. The second-order valence-corrected chi connectivity index (χ2v) is 14.3. The van der Waals surface area contributed by atoms with E-state index in [0.29, 0.717) is 11.8 Å². The van der Waals surface area contributed by atoms with Crippen molar-refractivity contribution in [1.82, 2.24) is 24.6 Å². The maximum Gasteiger partial charge on any atom is 0.306 e. The first-order valence-corrected chi connectivity index (χ1v) is 17.8. The molecule has 9 nitrogen and oxygen atoms in total. The highest BCUT2D eigenvalue weighted by atomic mass is 19.1. The molecule has 2 N–H and O–H groups in total. The van der Waals surface area contributed by atoms with E-state index in [1.54, 1.807) is 0 Å². The summed E-state index contributed by atoms with van der Waals surface area (Å²) in [6, 6.07) is 10.9. The molecule has 0 amide bonds. The molecule has 2 aliphatic carbocycles. The van der Waals surface area contributed by atoms with Gasteiger partial charge in [-0.3, -0.25) is 13.9 Å². The fraction of sp³-hybridized carbons (Fsp3) is 0.622. The topological polar surface area (TPSA) is 99.4 Å². The largest absolute Gasteiger partial charge is 0.481 e. The summed E-state index contributed by atoms with van der Waals surface area (Å²) in [5.41, 5.74) is 4.74. The lowest BCUT2D eigenvalue weighted by Gasteiger charge is -2.38. The Morgan fingerprint density at radius 2 is 1.91 bits per heavy atom. The molecule has 10 heteroatoms. The number of fused-ring (bicyclic) bond motifs is 1. The van der Waals surface area contributed by atoms with Gasteiger partial charge in [0.2, 0.25) is 5.95 Å². The van der Waals surface area contributed by atoms with Gasteiger partial charge in [-0.05, 0) is 88.2 Å². The number of carbonyl (C=O) groups is 1. The van der Waals surface area contributed by atoms with Crippen molar-refractivity contribution in [2.24, 2.45) is 24.8 Å². The van der Waals surface area contributed by atoms with Crippen molar-refractivity contribution >= 4 is 17.7 Å². The van der Waals surface area contributed by atoms with Crippen LogP contribution in [0.5, 0.6) is 0 Å². The van der Waals surface area contributed by atoms with Crippen molar-refractivity contribution in [3.8, 4) is 0 Å². The predicted molar refractivity (Wildman–Crippen MR) is 184 cm³/mol. The number of carboxylic acid groups (broad SMARTS) is 1. The molecule has 3 aromatic rings. The second kappa shape index (κ2) is 15.1. The number of nitrogens with zero attached hydrogens (tertiary/aromatic N) is 6. The van der Waals surface area contributed by atoms with Crippen LogP contribution in [0, 0.1) is 17.8 Å². The molecule has 1 aromatic carbocycles. The number of alkyl halides is 1. The van der Waals surface area contributed by atoms with Gasteiger partial charge in [0.25, 0.3) is 0 Å². The number of hydrogen-bond donors (Lipinski definition) is 2. The zero-order valence-corrected chi connectivity index (χ0v) is 28.3. The molecule has 2 fully saturated rings. The van der Waals surface area contributed by atoms with E-state index in [4.69, 9.17) is 9.97 Å². The number of benzene rings is 1. The zero-order chi connectivity index (χ0) is 32.9. The Kier molecular flexibility index (Phi) is 10.7. The van der Waals surface area contributed by atoms with Gasteiger partial charge in [-0.2, -0.15) is 10.1 Å². The lowest BCUT2D eigenvalue weighted by Crippen LogP contribution is -2.41. The summed E-state index contributed by atoms with van der Waals surface area (Å²) in [7, 11) is 4.06. The highest BCUT2D eigenvalue weighted by molar-refractivity contribution is 5.70. The lowest BCUT2D eigenvalue weighted by atomic mass is 9.77. The quantitative estimate of drug-likeness (QED) is 0.233. The fourth-order valence-electron chi connectivity index (χ4n) is 8.43. The average molecular weight is 646 g/mol. The minimum absolute atomic E-state index is 0.0652. The molecule has 3 heterocycles. The van der Waals surface area contributed by atoms with E-state index in [9.17, 15) is 14.3 Å². The predicted octanol–water partition coefficient (Wildman–Crippen LogP) is 6.42. The van der Waals surface area contributed by atoms with Gasteiger partial charge < -0.3 is 20.2 Å². The van der Waals surface area contributed by atoms with Crippen molar-refractivity contribution in [2.75, 3.05) is 43.6 Å². The van der Waals surface area contributed by atoms with E-state index >= 15 is 0 Å². The Morgan fingerprint density at radius 3 is 2.60 bits per heavy atom. The first kappa shape index (κ1) is 33.4. The van der Waals surface area contributed by atoms with E-state index in [-0.39, 0.29) is 30.6 Å². The molecule has 0 unspecified atom stereocenters. The number of piperidine rings is 1. The first-order valence-electron chi connectivity index (χ1n) is 17.8. The fourth-order valence-corrected chi connectivity index (χ4v) is 8.43. The molecule has 0 radical (unpaired) electrons. The van der Waals surface area contributed by atoms with Crippen LogP contribution in [0.4, 0.5) is 16.2 Å². The number of halogens is 1. The number of hydrogen-bond acceptors (Lipinski definition) is 7. The van der Waals surface area contributed by atoms with Crippen molar-refractivity contribution in [3.05, 3.63) is 65.1 Å². The van der Waals surface area contributed by atoms with E-state index in [2.05, 4.69) is 70.7 Å². The maximum absolute atomic E-state index is 13.7. The summed E-state index contributed by atoms with van der Waals surface area (Å²) in [5, 5.41) is 18.0. The van der Waals surface area contributed by atoms with E-state index in [1.165, 1.54) is 11.1 Å². The third kappa shape index (κ3) is 7.79. The molecule has 1 saturated carbocycles. The van der Waals surface area contributed by atoms with Gasteiger partial charge in [0.05, 0.1) is 30.5 Å². The molecule has 47 heavy (non-hydrogen) atoms. The van der Waals surface area contributed by atoms with Gasteiger partial charge in [-0.1, -0.05) is 37.3 Å². The van der Waals surface area contributed by atoms with Crippen molar-refractivity contribution < 1.29 is 14.3 Å². The summed E-state index contributed by atoms with van der Waals surface area (Å²) >= 11 is 0. The van der Waals surface area contributed by atoms with Crippen molar-refractivity contribution in [1.29, 1.82) is 0 Å². The summed E-state index contributed by atoms with van der Waals surface area (Å²) in [5.74, 6) is 1.62. The number of nitrogens with one attached hydrogen (secondary N) is 1. The van der Waals surface area contributed by atoms with Gasteiger partial charge in [0, 0.05) is 56.5 Å². The van der Waals surface area contributed by atoms with Crippen LogP contribution in [0.1, 0.15) is 92.6 Å². The number of aryl methyl sites for hydroxylation is 2. The van der Waals surface area contributed by atoms with Gasteiger partial charge >= 0.3 is 5.97 Å². The molecule has 0 spiro atoms. The van der Waals surface area contributed by atoms with Crippen LogP contribution in [-0.4, -0.2) is 75.1 Å². The van der Waals surface area contributed by atoms with Gasteiger partial charge in [-0.25, -0.2) is 4.98 Å². The minimum atomic E-state index is -0.666. The van der Waals surface area contributed by atoms with Crippen LogP contribution in [0.3, 0.4) is 0 Å². The SMILES string of the molecule is CC[C@H](C1CCC(C(=O)O)CC1)N(C)c1nc2c(c(N[C@@H](CN3CCC[C@H](CF)C3)c3cnn(C)c3)n1)C[C@H](c1ccccc1)CC2. The number of rotatable bonds is 12. The van der Waals surface area contributed by atoms with Gasteiger partial charge in [-0.15, -0.1) is 0 Å². The molecule has 1 saturated heterocycles. The molecular formula is C37H52FN7O2. The molecule has 0 bridgehead atoms. The second-order valence-electron chi connectivity index (χ2n) is 14.3. The molecular weight excluding hydrogens is 593 g/mol. The van der Waals surface area contributed by atoms with Gasteiger partial charge in [0.1, 0.15) is 5.82 Å². The molecule has 1 aliphatic heterocycles. The Morgan fingerprint density at radius 1 is 1.13 bits per heavy atom. The smallest absolute Gasteiger partial charge is 0.306 e.